The summed E-state index contributed by atoms with van der Waals surface area (Å²) < 4.78 is 0. The second-order valence-electron chi connectivity index (χ2n) is 3.08. The zero-order valence-corrected chi connectivity index (χ0v) is 7.62. The summed E-state index contributed by atoms with van der Waals surface area (Å²) in [5.41, 5.74) is 8.16. The Morgan fingerprint density at radius 1 is 1.46 bits per heavy atom. The van der Waals surface area contributed by atoms with Gasteiger partial charge in [0.2, 0.25) is 0 Å². The predicted octanol–water partition coefficient (Wildman–Crippen LogP) is 1.53. The van der Waals surface area contributed by atoms with E-state index in [-0.39, 0.29) is 0 Å². The number of rotatable bonds is 1. The highest BCUT2D eigenvalue weighted by Crippen LogP contribution is 2.08. The van der Waals surface area contributed by atoms with Crippen molar-refractivity contribution in [1.29, 1.82) is 0 Å². The van der Waals surface area contributed by atoms with E-state index >= 15 is 0 Å². The number of nitrogens with two attached hydrogens (primary N) is 1. The predicted molar refractivity (Wildman–Crippen MR) is 52.4 cm³/mol. The first-order valence-electron chi connectivity index (χ1n) is 4.55. The lowest BCUT2D eigenvalue weighted by atomic mass is 10.0. The van der Waals surface area contributed by atoms with Gasteiger partial charge in [-0.3, -0.25) is 0 Å². The van der Waals surface area contributed by atoms with E-state index in [4.69, 9.17) is 5.73 Å². The lowest BCUT2D eigenvalue weighted by molar-refractivity contribution is 0.249. The molecule has 1 rings (SSSR count). The van der Waals surface area contributed by atoms with Crippen molar-refractivity contribution in [1.82, 2.24) is 5.43 Å². The molecule has 0 aromatic rings. The zero-order chi connectivity index (χ0) is 9.52. The molecule has 0 heterocycles. The number of hydrazone groups is 1. The molecule has 0 radical (unpaired) electrons. The van der Waals surface area contributed by atoms with Crippen LogP contribution in [0.5, 0.6) is 0 Å². The summed E-state index contributed by atoms with van der Waals surface area (Å²) in [4.78, 5) is 10.4. The number of allylic oxidation sites excluding steroid dienone is 2. The Morgan fingerprint density at radius 2 is 2.31 bits per heavy atom. The topological polar surface area (TPSA) is 67.5 Å². The second kappa shape index (κ2) is 5.35. The summed E-state index contributed by atoms with van der Waals surface area (Å²) in [6.07, 6.45) is 9.47. The molecule has 13 heavy (non-hydrogen) atoms. The molecule has 0 aromatic heterocycles. The highest BCUT2D eigenvalue weighted by atomic mass is 16.2. The fourth-order valence-corrected chi connectivity index (χ4v) is 1.27. The maximum atomic E-state index is 10.4. The average molecular weight is 181 g/mol. The summed E-state index contributed by atoms with van der Waals surface area (Å²) in [5, 5.41) is 3.93. The number of primary amides is 1. The largest absolute Gasteiger partial charge is 0.350 e. The molecule has 0 aliphatic heterocycles. The molecule has 1 aliphatic rings. The summed E-state index contributed by atoms with van der Waals surface area (Å²) in [6, 6.07) is -0.599. The van der Waals surface area contributed by atoms with Crippen LogP contribution in [0.4, 0.5) is 4.79 Å². The Labute approximate surface area is 77.9 Å². The van der Waals surface area contributed by atoms with Gasteiger partial charge in [0.05, 0.1) is 0 Å². The number of nitrogens with zero attached hydrogens (tertiary/aromatic N) is 1. The summed E-state index contributed by atoms with van der Waals surface area (Å²) >= 11 is 0. The van der Waals surface area contributed by atoms with E-state index in [1.807, 2.05) is 0 Å². The van der Waals surface area contributed by atoms with Gasteiger partial charge in [0, 0.05) is 12.1 Å². The standard InChI is InChI=1S/C9H15N3O/c10-9(13)12-11-8-6-4-2-1-3-5-7-8/h2,4H,1,3,5-7H2,(H3,10,12,13)/b4-2-,11-8+. The lowest BCUT2D eigenvalue weighted by Crippen LogP contribution is -2.25. The van der Waals surface area contributed by atoms with Crippen molar-refractivity contribution in [2.24, 2.45) is 10.8 Å². The Bertz CT molecular complexity index is 233. The van der Waals surface area contributed by atoms with E-state index in [2.05, 4.69) is 22.7 Å². The van der Waals surface area contributed by atoms with Gasteiger partial charge >= 0.3 is 6.03 Å². The maximum Gasteiger partial charge on any atom is 0.332 e. The third kappa shape index (κ3) is 4.30. The average Bonchev–Trinajstić information content (AvgIpc) is 2.01. The molecule has 0 aromatic carbocycles. The molecule has 1 aliphatic carbocycles. The molecule has 0 atom stereocenters. The van der Waals surface area contributed by atoms with Crippen molar-refractivity contribution in [3.05, 3.63) is 12.2 Å². The molecule has 0 unspecified atom stereocenters. The van der Waals surface area contributed by atoms with Gasteiger partial charge < -0.3 is 5.73 Å². The molecule has 0 spiro atoms. The number of hydrogen-bond acceptors (Lipinski definition) is 2. The highest BCUT2D eigenvalue weighted by Gasteiger charge is 2.01. The Balaban J connectivity index is 2.45. The van der Waals surface area contributed by atoms with Crippen LogP contribution in [0.15, 0.2) is 17.3 Å². The molecule has 0 saturated heterocycles. The molecule has 4 nitrogen and oxygen atoms in total. The molecule has 0 fully saturated rings. The second-order valence-corrected chi connectivity index (χ2v) is 3.08. The monoisotopic (exact) mass is 181 g/mol. The highest BCUT2D eigenvalue weighted by molar-refractivity contribution is 5.87. The SMILES string of the molecule is NC(=O)N/N=C1\C/C=C\CCCC1. The number of carbonyl (C=O) groups excluding carboxylic acids is 1. The third-order valence-corrected chi connectivity index (χ3v) is 1.93. The van der Waals surface area contributed by atoms with Crippen molar-refractivity contribution in [3.8, 4) is 0 Å². The number of urea groups is 1. The van der Waals surface area contributed by atoms with Gasteiger partial charge in [-0.2, -0.15) is 5.10 Å². The van der Waals surface area contributed by atoms with Gasteiger partial charge in [0.15, 0.2) is 0 Å². The number of carbonyl (C=O) groups is 1. The van der Waals surface area contributed by atoms with E-state index in [0.717, 1.165) is 31.4 Å². The van der Waals surface area contributed by atoms with Gasteiger partial charge in [-0.15, -0.1) is 0 Å². The third-order valence-electron chi connectivity index (χ3n) is 1.93. The fraction of sp³-hybridized carbons (Fsp3) is 0.556. The molecular weight excluding hydrogens is 166 g/mol. The van der Waals surface area contributed by atoms with E-state index < -0.39 is 6.03 Å². The molecule has 3 N–H and O–H groups in total. The Morgan fingerprint density at radius 3 is 3.08 bits per heavy atom. The number of nitrogens with one attached hydrogen (secondary N) is 1. The van der Waals surface area contributed by atoms with Crippen LogP contribution in [0.3, 0.4) is 0 Å². The van der Waals surface area contributed by atoms with Crippen LogP contribution in [0, 0.1) is 0 Å². The van der Waals surface area contributed by atoms with Crippen LogP contribution in [-0.4, -0.2) is 11.7 Å². The van der Waals surface area contributed by atoms with Crippen LogP contribution < -0.4 is 11.2 Å². The lowest BCUT2D eigenvalue weighted by Gasteiger charge is -2.06. The molecule has 2 amide bonds. The molecule has 4 heteroatoms. The van der Waals surface area contributed by atoms with Crippen molar-refractivity contribution in [3.63, 3.8) is 0 Å². The van der Waals surface area contributed by atoms with Gasteiger partial charge in [0.1, 0.15) is 0 Å². The van der Waals surface area contributed by atoms with Crippen LogP contribution in [0.25, 0.3) is 0 Å². The number of hydrogen-bond donors (Lipinski definition) is 2. The first kappa shape index (κ1) is 9.77. The summed E-state index contributed by atoms with van der Waals surface area (Å²) in [5.74, 6) is 0. The van der Waals surface area contributed by atoms with E-state index in [1.165, 1.54) is 6.42 Å². The van der Waals surface area contributed by atoms with Crippen LogP contribution in [-0.2, 0) is 0 Å². The minimum absolute atomic E-state index is 0.599. The first-order valence-corrected chi connectivity index (χ1v) is 4.55. The van der Waals surface area contributed by atoms with Crippen molar-refractivity contribution >= 4 is 11.7 Å². The smallest absolute Gasteiger partial charge is 0.332 e. The van der Waals surface area contributed by atoms with Crippen molar-refractivity contribution in [2.45, 2.75) is 32.1 Å². The number of amides is 2. The van der Waals surface area contributed by atoms with Crippen LogP contribution in [0.2, 0.25) is 0 Å². The zero-order valence-electron chi connectivity index (χ0n) is 7.62. The minimum atomic E-state index is -0.599. The molecule has 0 saturated carbocycles. The molecule has 0 bridgehead atoms. The van der Waals surface area contributed by atoms with E-state index in [1.54, 1.807) is 0 Å². The van der Waals surface area contributed by atoms with Gasteiger partial charge in [0.25, 0.3) is 0 Å². The van der Waals surface area contributed by atoms with Crippen molar-refractivity contribution < 1.29 is 4.79 Å². The van der Waals surface area contributed by atoms with Crippen molar-refractivity contribution in [2.75, 3.05) is 0 Å². The minimum Gasteiger partial charge on any atom is -0.350 e. The van der Waals surface area contributed by atoms with E-state index in [0.29, 0.717) is 0 Å². The maximum absolute atomic E-state index is 10.4. The Hall–Kier alpha value is -1.32. The van der Waals surface area contributed by atoms with Gasteiger partial charge in [-0.25, -0.2) is 10.2 Å². The van der Waals surface area contributed by atoms with Crippen LogP contribution >= 0.6 is 0 Å². The van der Waals surface area contributed by atoms with E-state index in [9.17, 15) is 4.79 Å². The first-order chi connectivity index (χ1) is 6.29. The summed E-state index contributed by atoms with van der Waals surface area (Å²) in [6.45, 7) is 0. The Kier molecular flexibility index (Phi) is 4.02. The quantitative estimate of drug-likeness (QED) is 0.467. The normalized spacial score (nSPS) is 23.2. The molecular formula is C9H15N3O. The fourth-order valence-electron chi connectivity index (χ4n) is 1.27. The van der Waals surface area contributed by atoms with Gasteiger partial charge in [-0.05, 0) is 25.7 Å². The van der Waals surface area contributed by atoms with Gasteiger partial charge in [-0.1, -0.05) is 12.2 Å². The van der Waals surface area contributed by atoms with Crippen LogP contribution in [0.1, 0.15) is 32.1 Å². The summed E-state index contributed by atoms with van der Waals surface area (Å²) in [7, 11) is 0. The molecule has 72 valence electrons.